The van der Waals surface area contributed by atoms with Crippen LogP contribution in [0.1, 0.15) is 11.6 Å². The standard InChI is InChI=1S/C19H19NO/c1-20(2)19(18-9-5-8-17(18)13-21)16-11-10-14-6-3-4-7-15(14)12-16/h3-13,17,19H,1-2H3/t17?,19-/m1/s1. The molecule has 1 aliphatic rings. The number of fused-ring (bicyclic) bond motifs is 1. The molecule has 0 fully saturated rings. The third kappa shape index (κ3) is 2.55. The molecule has 0 aromatic heterocycles. The maximum absolute atomic E-state index is 11.3. The second-order valence-corrected chi connectivity index (χ2v) is 5.69. The molecule has 3 rings (SSSR count). The molecular formula is C19H19NO. The van der Waals surface area contributed by atoms with Gasteiger partial charge in [-0.15, -0.1) is 0 Å². The summed E-state index contributed by atoms with van der Waals surface area (Å²) >= 11 is 0. The van der Waals surface area contributed by atoms with Gasteiger partial charge in [0.05, 0.1) is 12.0 Å². The molecule has 2 nitrogen and oxygen atoms in total. The van der Waals surface area contributed by atoms with Gasteiger partial charge in [-0.1, -0.05) is 54.6 Å². The third-order valence-electron chi connectivity index (χ3n) is 4.06. The van der Waals surface area contributed by atoms with E-state index in [2.05, 4.69) is 67.5 Å². The summed E-state index contributed by atoms with van der Waals surface area (Å²) in [6.45, 7) is 0. The van der Waals surface area contributed by atoms with Gasteiger partial charge in [0.15, 0.2) is 0 Å². The lowest BCUT2D eigenvalue weighted by Gasteiger charge is -2.28. The van der Waals surface area contributed by atoms with Crippen LogP contribution in [-0.4, -0.2) is 25.3 Å². The van der Waals surface area contributed by atoms with Crippen LogP contribution >= 0.6 is 0 Å². The number of carbonyl (C=O) groups excluding carboxylic acids is 1. The predicted octanol–water partition coefficient (Wildman–Crippen LogP) is 3.75. The normalized spacial score (nSPS) is 19.0. The fraction of sp³-hybridized carbons (Fsp3) is 0.211. The number of aldehydes is 1. The minimum absolute atomic E-state index is 0.108. The summed E-state index contributed by atoms with van der Waals surface area (Å²) in [6.07, 6.45) is 7.03. The molecule has 21 heavy (non-hydrogen) atoms. The van der Waals surface area contributed by atoms with Crippen molar-refractivity contribution in [2.45, 2.75) is 6.04 Å². The average molecular weight is 277 g/mol. The van der Waals surface area contributed by atoms with Gasteiger partial charge >= 0.3 is 0 Å². The predicted molar refractivity (Wildman–Crippen MR) is 87.2 cm³/mol. The lowest BCUT2D eigenvalue weighted by Crippen LogP contribution is -2.24. The molecule has 0 spiro atoms. The number of allylic oxidation sites excluding steroid dienone is 3. The first kappa shape index (κ1) is 13.8. The lowest BCUT2D eigenvalue weighted by molar-refractivity contribution is -0.109. The Morgan fingerprint density at radius 3 is 2.57 bits per heavy atom. The highest BCUT2D eigenvalue weighted by molar-refractivity contribution is 5.83. The molecule has 0 N–H and O–H groups in total. The summed E-state index contributed by atoms with van der Waals surface area (Å²) in [4.78, 5) is 13.4. The van der Waals surface area contributed by atoms with Crippen LogP contribution in [0, 0.1) is 5.92 Å². The summed E-state index contributed by atoms with van der Waals surface area (Å²) in [5.74, 6) is -0.108. The van der Waals surface area contributed by atoms with E-state index in [-0.39, 0.29) is 12.0 Å². The first-order chi connectivity index (χ1) is 10.2. The van der Waals surface area contributed by atoms with Crippen LogP contribution < -0.4 is 0 Å². The maximum Gasteiger partial charge on any atom is 0.130 e. The fourth-order valence-corrected chi connectivity index (χ4v) is 3.07. The van der Waals surface area contributed by atoms with Crippen molar-refractivity contribution in [3.05, 3.63) is 71.8 Å². The molecule has 2 aromatic carbocycles. The number of benzene rings is 2. The van der Waals surface area contributed by atoms with Gasteiger partial charge in [-0.2, -0.15) is 0 Å². The van der Waals surface area contributed by atoms with Crippen LogP contribution in [0.25, 0.3) is 10.8 Å². The number of hydrogen-bond acceptors (Lipinski definition) is 2. The molecule has 106 valence electrons. The summed E-state index contributed by atoms with van der Waals surface area (Å²) < 4.78 is 0. The van der Waals surface area contributed by atoms with Crippen LogP contribution in [-0.2, 0) is 4.79 Å². The Morgan fingerprint density at radius 2 is 1.86 bits per heavy atom. The van der Waals surface area contributed by atoms with Crippen molar-refractivity contribution in [3.63, 3.8) is 0 Å². The smallest absolute Gasteiger partial charge is 0.130 e. The Kier molecular flexibility index (Phi) is 3.72. The molecular weight excluding hydrogens is 258 g/mol. The molecule has 2 aromatic rings. The van der Waals surface area contributed by atoms with Crippen LogP contribution in [0.15, 0.2) is 66.3 Å². The Bertz CT molecular complexity index is 727. The van der Waals surface area contributed by atoms with Crippen molar-refractivity contribution in [2.24, 2.45) is 5.92 Å². The van der Waals surface area contributed by atoms with Crippen molar-refractivity contribution >= 4 is 17.1 Å². The highest BCUT2D eigenvalue weighted by atomic mass is 16.1. The van der Waals surface area contributed by atoms with Crippen LogP contribution in [0.3, 0.4) is 0 Å². The van der Waals surface area contributed by atoms with E-state index in [0.717, 1.165) is 11.9 Å². The van der Waals surface area contributed by atoms with Gasteiger partial charge in [0.1, 0.15) is 6.29 Å². The fourth-order valence-electron chi connectivity index (χ4n) is 3.07. The summed E-state index contributed by atoms with van der Waals surface area (Å²) in [6, 6.07) is 15.0. The van der Waals surface area contributed by atoms with E-state index in [1.807, 2.05) is 12.2 Å². The SMILES string of the molecule is CN(C)[C@@H](C1=CC=CC1C=O)c1ccc2ccccc2c1. The molecule has 0 heterocycles. The number of carbonyl (C=O) groups is 1. The monoisotopic (exact) mass is 277 g/mol. The highest BCUT2D eigenvalue weighted by Gasteiger charge is 2.26. The molecule has 0 bridgehead atoms. The molecule has 0 amide bonds. The number of rotatable bonds is 4. The van der Waals surface area contributed by atoms with Gasteiger partial charge in [-0.05, 0) is 42.1 Å². The van der Waals surface area contributed by atoms with Crippen molar-refractivity contribution in [3.8, 4) is 0 Å². The topological polar surface area (TPSA) is 20.3 Å². The molecule has 2 atom stereocenters. The van der Waals surface area contributed by atoms with Gasteiger partial charge in [-0.3, -0.25) is 4.90 Å². The molecule has 0 aliphatic heterocycles. The van der Waals surface area contributed by atoms with Crippen molar-refractivity contribution in [1.29, 1.82) is 0 Å². The summed E-state index contributed by atoms with van der Waals surface area (Å²) in [5.41, 5.74) is 2.37. The maximum atomic E-state index is 11.3. The molecule has 1 unspecified atom stereocenters. The van der Waals surface area contributed by atoms with Gasteiger partial charge in [0.2, 0.25) is 0 Å². The van der Waals surface area contributed by atoms with Gasteiger partial charge < -0.3 is 4.79 Å². The van der Waals surface area contributed by atoms with E-state index >= 15 is 0 Å². The molecule has 2 heteroatoms. The van der Waals surface area contributed by atoms with E-state index in [4.69, 9.17) is 0 Å². The minimum atomic E-state index is -0.108. The average Bonchev–Trinajstić information content (AvgIpc) is 2.95. The third-order valence-corrected chi connectivity index (χ3v) is 4.06. The Morgan fingerprint density at radius 1 is 1.10 bits per heavy atom. The van der Waals surface area contributed by atoms with E-state index in [1.54, 1.807) is 0 Å². The van der Waals surface area contributed by atoms with Crippen molar-refractivity contribution in [2.75, 3.05) is 14.1 Å². The first-order valence-corrected chi connectivity index (χ1v) is 7.19. The lowest BCUT2D eigenvalue weighted by atomic mass is 9.90. The van der Waals surface area contributed by atoms with E-state index < -0.39 is 0 Å². The summed E-state index contributed by atoms with van der Waals surface area (Å²) in [5, 5.41) is 2.47. The Labute approximate surface area is 125 Å². The molecule has 0 saturated carbocycles. The Balaban J connectivity index is 2.06. The molecule has 1 aliphatic carbocycles. The van der Waals surface area contributed by atoms with E-state index in [0.29, 0.717) is 0 Å². The van der Waals surface area contributed by atoms with Crippen LogP contribution in [0.5, 0.6) is 0 Å². The zero-order valence-corrected chi connectivity index (χ0v) is 12.4. The quantitative estimate of drug-likeness (QED) is 0.793. The van der Waals surface area contributed by atoms with Gasteiger partial charge in [-0.25, -0.2) is 0 Å². The minimum Gasteiger partial charge on any atom is -0.302 e. The number of likely N-dealkylation sites (N-methyl/N-ethyl adjacent to an activating group) is 1. The molecule has 0 radical (unpaired) electrons. The van der Waals surface area contributed by atoms with Gasteiger partial charge in [0.25, 0.3) is 0 Å². The highest BCUT2D eigenvalue weighted by Crippen LogP contribution is 2.35. The second kappa shape index (κ2) is 5.66. The zero-order valence-electron chi connectivity index (χ0n) is 12.4. The molecule has 0 saturated heterocycles. The largest absolute Gasteiger partial charge is 0.302 e. The van der Waals surface area contributed by atoms with Crippen LogP contribution in [0.2, 0.25) is 0 Å². The second-order valence-electron chi connectivity index (χ2n) is 5.69. The van der Waals surface area contributed by atoms with Crippen molar-refractivity contribution < 1.29 is 4.79 Å². The van der Waals surface area contributed by atoms with E-state index in [9.17, 15) is 4.79 Å². The van der Waals surface area contributed by atoms with Gasteiger partial charge in [0, 0.05) is 0 Å². The van der Waals surface area contributed by atoms with E-state index in [1.165, 1.54) is 16.3 Å². The zero-order chi connectivity index (χ0) is 14.8. The van der Waals surface area contributed by atoms with Crippen molar-refractivity contribution in [1.82, 2.24) is 4.90 Å². The summed E-state index contributed by atoms with van der Waals surface area (Å²) in [7, 11) is 4.11. The number of nitrogens with zero attached hydrogens (tertiary/aromatic N) is 1. The first-order valence-electron chi connectivity index (χ1n) is 7.19. The Hall–Kier alpha value is -2.19. The van der Waals surface area contributed by atoms with Crippen LogP contribution in [0.4, 0.5) is 0 Å². The number of hydrogen-bond donors (Lipinski definition) is 0.